The predicted octanol–water partition coefficient (Wildman–Crippen LogP) is 1.62. The lowest BCUT2D eigenvalue weighted by Gasteiger charge is -2.31. The zero-order valence-electron chi connectivity index (χ0n) is 11.4. The van der Waals surface area contributed by atoms with Gasteiger partial charge in [0.15, 0.2) is 0 Å². The average Bonchev–Trinajstić information content (AvgIpc) is 2.42. The van der Waals surface area contributed by atoms with Gasteiger partial charge in [-0.05, 0) is 43.1 Å². The van der Waals surface area contributed by atoms with Gasteiger partial charge in [0.2, 0.25) is 5.91 Å². The van der Waals surface area contributed by atoms with Crippen LogP contribution in [0, 0.1) is 17.2 Å². The third kappa shape index (κ3) is 5.04. The van der Waals surface area contributed by atoms with Gasteiger partial charge in [-0.1, -0.05) is 0 Å². The van der Waals surface area contributed by atoms with Gasteiger partial charge in [0.1, 0.15) is 0 Å². The monoisotopic (exact) mass is 281 g/mol. The number of hydrogen-bond acceptors (Lipinski definition) is 4. The normalized spacial score (nSPS) is 22.9. The molecule has 0 unspecified atom stereocenters. The van der Waals surface area contributed by atoms with Crippen molar-refractivity contribution in [3.05, 3.63) is 0 Å². The van der Waals surface area contributed by atoms with E-state index in [4.69, 9.17) is 5.26 Å². The number of amides is 1. The molecule has 2 aliphatic rings. The molecule has 1 N–H and O–H groups in total. The van der Waals surface area contributed by atoms with Gasteiger partial charge in [-0.25, -0.2) is 0 Å². The fraction of sp³-hybridized carbons (Fsp3) is 0.857. The van der Waals surface area contributed by atoms with Crippen LogP contribution in [0.5, 0.6) is 0 Å². The fourth-order valence-corrected chi connectivity index (χ4v) is 4.04. The van der Waals surface area contributed by atoms with Gasteiger partial charge in [-0.15, -0.1) is 0 Å². The molecular formula is C14H23N3OS. The van der Waals surface area contributed by atoms with Gasteiger partial charge >= 0.3 is 0 Å². The zero-order chi connectivity index (χ0) is 13.5. The molecule has 0 radical (unpaired) electrons. The van der Waals surface area contributed by atoms with Crippen molar-refractivity contribution in [2.45, 2.75) is 38.1 Å². The first kappa shape index (κ1) is 14.7. The molecule has 0 aliphatic carbocycles. The van der Waals surface area contributed by atoms with Crippen LogP contribution >= 0.6 is 11.8 Å². The number of hydrogen-bond donors (Lipinski definition) is 1. The molecule has 0 spiro atoms. The van der Waals surface area contributed by atoms with E-state index in [9.17, 15) is 4.79 Å². The van der Waals surface area contributed by atoms with E-state index < -0.39 is 0 Å². The maximum atomic E-state index is 12.0. The molecular weight excluding hydrogens is 258 g/mol. The third-order valence-corrected chi connectivity index (χ3v) is 5.11. The summed E-state index contributed by atoms with van der Waals surface area (Å²) in [5.41, 5.74) is 0. The Morgan fingerprint density at radius 2 is 1.95 bits per heavy atom. The van der Waals surface area contributed by atoms with Crippen molar-refractivity contribution >= 4 is 17.7 Å². The Bertz CT molecular complexity index is 328. The Morgan fingerprint density at radius 3 is 2.58 bits per heavy atom. The molecule has 5 heteroatoms. The van der Waals surface area contributed by atoms with Crippen molar-refractivity contribution in [2.24, 2.45) is 5.92 Å². The Balaban J connectivity index is 1.64. The van der Waals surface area contributed by atoms with Crippen LogP contribution < -0.4 is 5.32 Å². The van der Waals surface area contributed by atoms with E-state index in [0.717, 1.165) is 25.9 Å². The number of nitrogens with zero attached hydrogens (tertiary/aromatic N) is 2. The van der Waals surface area contributed by atoms with Gasteiger partial charge in [0, 0.05) is 25.6 Å². The van der Waals surface area contributed by atoms with E-state index in [1.165, 1.54) is 24.3 Å². The number of nitriles is 1. The molecule has 0 atom stereocenters. The molecule has 2 aliphatic heterocycles. The summed E-state index contributed by atoms with van der Waals surface area (Å²) >= 11 is 2.00. The highest BCUT2D eigenvalue weighted by molar-refractivity contribution is 7.99. The summed E-state index contributed by atoms with van der Waals surface area (Å²) in [4.78, 5) is 14.2. The van der Waals surface area contributed by atoms with Crippen LogP contribution in [0.2, 0.25) is 0 Å². The van der Waals surface area contributed by atoms with Gasteiger partial charge in [-0.3, -0.25) is 9.69 Å². The van der Waals surface area contributed by atoms with E-state index in [1.807, 2.05) is 11.8 Å². The molecule has 0 saturated carbocycles. The molecule has 2 saturated heterocycles. The van der Waals surface area contributed by atoms with Crippen molar-refractivity contribution < 1.29 is 4.79 Å². The molecule has 1 amide bonds. The first-order valence-electron chi connectivity index (χ1n) is 7.24. The molecule has 4 nitrogen and oxygen atoms in total. The van der Waals surface area contributed by atoms with E-state index >= 15 is 0 Å². The maximum Gasteiger partial charge on any atom is 0.220 e. The van der Waals surface area contributed by atoms with Crippen LogP contribution in [0.1, 0.15) is 32.1 Å². The van der Waals surface area contributed by atoms with Crippen molar-refractivity contribution in [1.29, 1.82) is 5.26 Å². The lowest BCUT2D eigenvalue weighted by atomic mass is 9.97. The van der Waals surface area contributed by atoms with Gasteiger partial charge in [-0.2, -0.15) is 17.0 Å². The smallest absolute Gasteiger partial charge is 0.220 e. The Labute approximate surface area is 119 Å². The van der Waals surface area contributed by atoms with Gasteiger partial charge < -0.3 is 5.32 Å². The van der Waals surface area contributed by atoms with Crippen LogP contribution in [0.4, 0.5) is 0 Å². The highest BCUT2D eigenvalue weighted by Crippen LogP contribution is 2.25. The Hall–Kier alpha value is -0.730. The maximum absolute atomic E-state index is 12.0. The standard InChI is InChI=1S/C14H23N3OS/c15-5-8-17-6-1-13(2-7-17)16-14(18)11-12-3-9-19-10-4-12/h12-13H,1-4,6-11H2,(H,16,18). The highest BCUT2D eigenvalue weighted by Gasteiger charge is 2.22. The lowest BCUT2D eigenvalue weighted by molar-refractivity contribution is -0.123. The molecule has 2 heterocycles. The van der Waals surface area contributed by atoms with Crippen LogP contribution in [0.25, 0.3) is 0 Å². The summed E-state index contributed by atoms with van der Waals surface area (Å²) in [6, 6.07) is 2.50. The first-order valence-corrected chi connectivity index (χ1v) is 8.40. The second kappa shape index (κ2) is 7.76. The number of thioether (sulfide) groups is 1. The summed E-state index contributed by atoms with van der Waals surface area (Å²) in [5, 5.41) is 11.8. The van der Waals surface area contributed by atoms with Crippen molar-refractivity contribution in [2.75, 3.05) is 31.1 Å². The minimum Gasteiger partial charge on any atom is -0.353 e. The largest absolute Gasteiger partial charge is 0.353 e. The summed E-state index contributed by atoms with van der Waals surface area (Å²) < 4.78 is 0. The van der Waals surface area contributed by atoms with Crippen LogP contribution in [-0.2, 0) is 4.79 Å². The van der Waals surface area contributed by atoms with E-state index in [0.29, 0.717) is 24.9 Å². The van der Waals surface area contributed by atoms with Crippen molar-refractivity contribution in [3.8, 4) is 6.07 Å². The minimum absolute atomic E-state index is 0.232. The fourth-order valence-electron chi connectivity index (χ4n) is 2.83. The Kier molecular flexibility index (Phi) is 5.99. The molecule has 0 aromatic carbocycles. The second-order valence-electron chi connectivity index (χ2n) is 5.54. The van der Waals surface area contributed by atoms with Crippen LogP contribution in [0.3, 0.4) is 0 Å². The molecule has 19 heavy (non-hydrogen) atoms. The summed E-state index contributed by atoms with van der Waals surface area (Å²) in [7, 11) is 0. The molecule has 106 valence electrons. The molecule has 2 fully saturated rings. The zero-order valence-corrected chi connectivity index (χ0v) is 12.3. The van der Waals surface area contributed by atoms with E-state index in [2.05, 4.69) is 16.3 Å². The molecule has 0 aromatic heterocycles. The quantitative estimate of drug-likeness (QED) is 0.796. The number of carbonyl (C=O) groups excluding carboxylic acids is 1. The number of rotatable bonds is 4. The lowest BCUT2D eigenvalue weighted by Crippen LogP contribution is -2.45. The van der Waals surface area contributed by atoms with Gasteiger partial charge in [0.25, 0.3) is 0 Å². The average molecular weight is 281 g/mol. The Morgan fingerprint density at radius 1 is 1.26 bits per heavy atom. The third-order valence-electron chi connectivity index (χ3n) is 4.06. The second-order valence-corrected chi connectivity index (χ2v) is 6.76. The van der Waals surface area contributed by atoms with Crippen molar-refractivity contribution in [1.82, 2.24) is 10.2 Å². The number of piperidine rings is 1. The van der Waals surface area contributed by atoms with Crippen LogP contribution in [-0.4, -0.2) is 48.0 Å². The SMILES string of the molecule is N#CCN1CCC(NC(=O)CC2CCSCC2)CC1. The number of carbonyl (C=O) groups is 1. The predicted molar refractivity (Wildman–Crippen MR) is 77.9 cm³/mol. The van der Waals surface area contributed by atoms with E-state index in [-0.39, 0.29) is 5.91 Å². The minimum atomic E-state index is 0.232. The number of likely N-dealkylation sites (tertiary alicyclic amines) is 1. The summed E-state index contributed by atoms with van der Waals surface area (Å²) in [5.74, 6) is 3.25. The summed E-state index contributed by atoms with van der Waals surface area (Å²) in [6.45, 7) is 2.37. The van der Waals surface area contributed by atoms with Crippen molar-refractivity contribution in [3.63, 3.8) is 0 Å². The topological polar surface area (TPSA) is 56.1 Å². The van der Waals surface area contributed by atoms with Crippen LogP contribution in [0.15, 0.2) is 0 Å². The van der Waals surface area contributed by atoms with E-state index in [1.54, 1.807) is 0 Å². The molecule has 2 rings (SSSR count). The summed E-state index contributed by atoms with van der Waals surface area (Å²) in [6.07, 6.45) is 5.05. The molecule has 0 bridgehead atoms. The number of nitrogens with one attached hydrogen (secondary N) is 1. The first-order chi connectivity index (χ1) is 9.28. The molecule has 0 aromatic rings. The van der Waals surface area contributed by atoms with Gasteiger partial charge in [0.05, 0.1) is 12.6 Å². The highest BCUT2D eigenvalue weighted by atomic mass is 32.2.